The van der Waals surface area contributed by atoms with Crippen molar-refractivity contribution in [1.82, 2.24) is 14.9 Å². The summed E-state index contributed by atoms with van der Waals surface area (Å²) in [4.78, 5) is 18.2. The summed E-state index contributed by atoms with van der Waals surface area (Å²) in [7, 11) is -6.94. The van der Waals surface area contributed by atoms with E-state index in [4.69, 9.17) is 21.1 Å². The Bertz CT molecular complexity index is 1960. The number of aryl methyl sites for hydroxylation is 1. The van der Waals surface area contributed by atoms with Crippen LogP contribution in [0.15, 0.2) is 48.6 Å². The first-order valence-corrected chi connectivity index (χ1v) is 24.3. The van der Waals surface area contributed by atoms with Gasteiger partial charge in [0.25, 0.3) is 5.91 Å². The van der Waals surface area contributed by atoms with Crippen molar-refractivity contribution in [3.63, 3.8) is 0 Å². The molecular formula is C42H61ClN4O7S2. The van der Waals surface area contributed by atoms with Crippen LogP contribution in [0.1, 0.15) is 87.7 Å². The lowest BCUT2D eigenvalue weighted by atomic mass is 9.63. The summed E-state index contributed by atoms with van der Waals surface area (Å²) in [6, 6.07) is 11.4. The molecule has 2 fully saturated rings. The van der Waals surface area contributed by atoms with E-state index in [-0.39, 0.29) is 34.3 Å². The maximum atomic E-state index is 13.5. The molecule has 56 heavy (non-hydrogen) atoms. The molecular weight excluding hydrogens is 772 g/mol. The van der Waals surface area contributed by atoms with Gasteiger partial charge in [0.1, 0.15) is 11.4 Å². The van der Waals surface area contributed by atoms with Crippen molar-refractivity contribution in [3.05, 3.63) is 70.3 Å². The van der Waals surface area contributed by atoms with Crippen molar-refractivity contribution in [1.29, 1.82) is 0 Å². The number of sulfonamides is 1. The number of carbonyl (C=O) groups excluding carboxylic acids is 1. The van der Waals surface area contributed by atoms with E-state index in [0.717, 1.165) is 55.8 Å². The number of ether oxygens (including phenoxy) is 2. The van der Waals surface area contributed by atoms with Gasteiger partial charge in [0, 0.05) is 61.9 Å². The van der Waals surface area contributed by atoms with Gasteiger partial charge in [-0.25, -0.2) is 21.6 Å². The molecule has 2 aliphatic carbocycles. The van der Waals surface area contributed by atoms with E-state index in [0.29, 0.717) is 64.7 Å². The Morgan fingerprint density at radius 3 is 2.68 bits per heavy atom. The van der Waals surface area contributed by atoms with Crippen LogP contribution in [0.25, 0.3) is 0 Å². The number of allylic oxidation sites excluding steroid dienone is 1. The second-order valence-electron chi connectivity index (χ2n) is 16.5. The van der Waals surface area contributed by atoms with Crippen molar-refractivity contribution >= 4 is 43.1 Å². The van der Waals surface area contributed by atoms with Crippen LogP contribution in [0.2, 0.25) is 5.02 Å². The largest absolute Gasteiger partial charge is 0.490 e. The Hall–Kier alpha value is -2.68. The molecule has 310 valence electrons. The highest BCUT2D eigenvalue weighted by molar-refractivity contribution is 7.91. The number of sulfone groups is 1. The SMILES string of the molecule is CC/C=C/[C@@](CN1CCCS(=O)(=O)CCNCC1)(OCC)[C@@H]1CC[C@H]1CN1C[C@@]2(CCCc3cc(Cl)ccc32)COc2ccc(C(=O)NS(=O)(=O)C(C)C)cc21. The molecule has 2 aliphatic heterocycles. The third-order valence-corrected chi connectivity index (χ3v) is 16.0. The van der Waals surface area contributed by atoms with Crippen LogP contribution >= 0.6 is 11.6 Å². The number of halogens is 1. The Balaban J connectivity index is 1.35. The fourth-order valence-corrected chi connectivity index (χ4v) is 11.2. The predicted octanol–water partition coefficient (Wildman–Crippen LogP) is 5.76. The number of benzene rings is 2. The molecule has 14 heteroatoms. The first-order chi connectivity index (χ1) is 26.7. The fourth-order valence-electron chi connectivity index (χ4n) is 9.18. The van der Waals surface area contributed by atoms with Crippen LogP contribution in [0.4, 0.5) is 5.69 Å². The molecule has 2 aromatic rings. The van der Waals surface area contributed by atoms with Gasteiger partial charge in [-0.05, 0) is 126 Å². The molecule has 1 amide bonds. The zero-order valence-electron chi connectivity index (χ0n) is 33.5. The van der Waals surface area contributed by atoms with E-state index >= 15 is 0 Å². The number of nitrogens with one attached hydrogen (secondary N) is 2. The van der Waals surface area contributed by atoms with Crippen LogP contribution < -0.4 is 19.7 Å². The molecule has 4 aliphatic rings. The van der Waals surface area contributed by atoms with Crippen LogP contribution in [-0.4, -0.2) is 109 Å². The number of fused-ring (bicyclic) bond motifs is 3. The Labute approximate surface area is 339 Å². The average Bonchev–Trinajstić information content (AvgIpc) is 3.28. The van der Waals surface area contributed by atoms with E-state index in [1.807, 2.05) is 13.0 Å². The second-order valence-corrected chi connectivity index (χ2v) is 21.5. The molecule has 4 atom stereocenters. The van der Waals surface area contributed by atoms with Crippen LogP contribution in [0, 0.1) is 11.8 Å². The molecule has 0 aromatic heterocycles. The summed E-state index contributed by atoms with van der Waals surface area (Å²) in [5.74, 6) is 0.771. The topological polar surface area (TPSA) is 134 Å². The standard InChI is InChI=1S/C42H61ClN4O7S2/c1-5-7-18-42(54-6-2,29-46-21-9-23-55(49,50)24-20-44-19-22-46)37-14-11-34(37)27-47-28-41(17-8-10-32-25-35(43)13-15-36(32)41)30-53-39-16-12-33(26-38(39)47)40(48)45-56(51,52)31(3)4/h7,12-13,15-16,18,25-26,31,34,37,44H,5-6,8-11,14,17,19-24,27-30H2,1-4H3,(H,45,48)/b18-7+/t34-,37+,41-,42-/m0/s1. The number of carbonyl (C=O) groups is 1. The van der Waals surface area contributed by atoms with E-state index < -0.39 is 36.6 Å². The average molecular weight is 834 g/mol. The molecule has 0 radical (unpaired) electrons. The van der Waals surface area contributed by atoms with Crippen LogP contribution in [0.3, 0.4) is 0 Å². The number of anilines is 1. The first kappa shape index (κ1) is 42.9. The highest BCUT2D eigenvalue weighted by Gasteiger charge is 2.50. The fraction of sp³-hybridized carbons (Fsp3) is 0.643. The molecule has 2 aromatic carbocycles. The minimum atomic E-state index is -3.84. The summed E-state index contributed by atoms with van der Waals surface area (Å²) in [5, 5.41) is 3.30. The van der Waals surface area contributed by atoms with E-state index in [9.17, 15) is 21.6 Å². The number of nitrogens with zero attached hydrogens (tertiary/aromatic N) is 2. The molecule has 6 rings (SSSR count). The minimum Gasteiger partial charge on any atom is -0.490 e. The predicted molar refractivity (Wildman–Crippen MR) is 224 cm³/mol. The summed E-state index contributed by atoms with van der Waals surface area (Å²) >= 11 is 6.51. The number of rotatable bonds is 12. The van der Waals surface area contributed by atoms with Gasteiger partial charge >= 0.3 is 0 Å². The molecule has 11 nitrogen and oxygen atoms in total. The van der Waals surface area contributed by atoms with Gasteiger partial charge in [0.05, 0.1) is 29.0 Å². The molecule has 0 bridgehead atoms. The van der Waals surface area contributed by atoms with E-state index in [1.54, 1.807) is 32.0 Å². The molecule has 2 heterocycles. The van der Waals surface area contributed by atoms with Crippen LogP contribution in [0.5, 0.6) is 5.75 Å². The van der Waals surface area contributed by atoms with Crippen molar-refractivity contribution < 1.29 is 31.1 Å². The molecule has 0 unspecified atom stereocenters. The third-order valence-electron chi connectivity index (χ3n) is 12.3. The van der Waals surface area contributed by atoms with Gasteiger partial charge in [-0.3, -0.25) is 9.69 Å². The van der Waals surface area contributed by atoms with E-state index in [1.165, 1.54) is 11.1 Å². The normalized spacial score (nSPS) is 25.7. The highest BCUT2D eigenvalue weighted by atomic mass is 35.5. The van der Waals surface area contributed by atoms with Crippen molar-refractivity contribution in [2.45, 2.75) is 88.9 Å². The quantitative estimate of drug-likeness (QED) is 0.255. The van der Waals surface area contributed by atoms with Crippen molar-refractivity contribution in [3.8, 4) is 5.75 Å². The number of amides is 1. The zero-order valence-corrected chi connectivity index (χ0v) is 35.9. The van der Waals surface area contributed by atoms with Gasteiger partial charge in [-0.1, -0.05) is 36.7 Å². The lowest BCUT2D eigenvalue weighted by Gasteiger charge is -2.52. The summed E-state index contributed by atoms with van der Waals surface area (Å²) in [6.07, 6.45) is 10.8. The maximum absolute atomic E-state index is 13.5. The zero-order chi connectivity index (χ0) is 40.1. The minimum absolute atomic E-state index is 0.174. The summed E-state index contributed by atoms with van der Waals surface area (Å²) < 4.78 is 66.5. The smallest absolute Gasteiger partial charge is 0.264 e. The Kier molecular flexibility index (Phi) is 13.8. The number of hydrogen-bond acceptors (Lipinski definition) is 10. The van der Waals surface area contributed by atoms with E-state index in [2.05, 4.69) is 51.0 Å². The monoisotopic (exact) mass is 832 g/mol. The van der Waals surface area contributed by atoms with Crippen molar-refractivity contribution in [2.75, 3.05) is 75.4 Å². The first-order valence-electron chi connectivity index (χ1n) is 20.5. The molecule has 1 spiro atoms. The summed E-state index contributed by atoms with van der Waals surface area (Å²) in [6.45, 7) is 12.9. The molecule has 1 saturated carbocycles. The molecule has 1 saturated heterocycles. The Morgan fingerprint density at radius 2 is 1.95 bits per heavy atom. The van der Waals surface area contributed by atoms with Gasteiger partial charge < -0.3 is 19.7 Å². The second kappa shape index (κ2) is 18.1. The lowest BCUT2D eigenvalue weighted by Crippen LogP contribution is -2.58. The highest BCUT2D eigenvalue weighted by Crippen LogP contribution is 2.49. The van der Waals surface area contributed by atoms with Gasteiger partial charge in [0.2, 0.25) is 10.0 Å². The Morgan fingerprint density at radius 1 is 1.12 bits per heavy atom. The van der Waals surface area contributed by atoms with Gasteiger partial charge in [-0.15, -0.1) is 0 Å². The van der Waals surface area contributed by atoms with Gasteiger partial charge in [-0.2, -0.15) is 0 Å². The number of hydrogen-bond donors (Lipinski definition) is 2. The lowest BCUT2D eigenvalue weighted by molar-refractivity contribution is -0.109. The third kappa shape index (κ3) is 9.77. The van der Waals surface area contributed by atoms with Crippen LogP contribution in [-0.2, 0) is 36.4 Å². The summed E-state index contributed by atoms with van der Waals surface area (Å²) in [5.41, 5.74) is 2.60. The molecule has 2 N–H and O–H groups in total. The maximum Gasteiger partial charge on any atom is 0.264 e. The van der Waals surface area contributed by atoms with Crippen molar-refractivity contribution in [2.24, 2.45) is 11.8 Å². The van der Waals surface area contributed by atoms with Gasteiger partial charge in [0.15, 0.2) is 9.84 Å².